The van der Waals surface area contributed by atoms with E-state index in [4.69, 9.17) is 17.3 Å². The molecule has 0 spiro atoms. The number of halogens is 4. The van der Waals surface area contributed by atoms with Crippen molar-refractivity contribution in [1.29, 1.82) is 0 Å². The van der Waals surface area contributed by atoms with Crippen LogP contribution in [0.3, 0.4) is 0 Å². The van der Waals surface area contributed by atoms with Gasteiger partial charge < -0.3 is 20.6 Å². The molecule has 0 radical (unpaired) electrons. The summed E-state index contributed by atoms with van der Waals surface area (Å²) < 4.78 is 44.1. The molecule has 4 N–H and O–H groups in total. The first-order valence-corrected chi connectivity index (χ1v) is 11.9. The number of anilines is 2. The van der Waals surface area contributed by atoms with E-state index in [1.54, 1.807) is 16.8 Å². The van der Waals surface area contributed by atoms with E-state index in [1.807, 2.05) is 0 Å². The summed E-state index contributed by atoms with van der Waals surface area (Å²) in [4.78, 5) is 30.8. The lowest BCUT2D eigenvalue weighted by Gasteiger charge is -2.24. The Morgan fingerprint density at radius 3 is 2.69 bits per heavy atom. The van der Waals surface area contributed by atoms with Crippen LogP contribution in [0.25, 0.3) is 17.2 Å². The van der Waals surface area contributed by atoms with Crippen molar-refractivity contribution >= 4 is 34.8 Å². The molecule has 0 bridgehead atoms. The van der Waals surface area contributed by atoms with Gasteiger partial charge in [-0.25, -0.2) is 33.1 Å². The molecule has 1 amide bonds. The molecule has 3 aromatic heterocycles. The molecule has 0 unspecified atom stereocenters. The monoisotopic (exact) mass is 551 g/mol. The molecule has 2 aromatic carbocycles. The van der Waals surface area contributed by atoms with Crippen LogP contribution in [0.4, 0.5) is 24.8 Å². The highest BCUT2D eigenvalue weighted by Gasteiger charge is 2.48. The summed E-state index contributed by atoms with van der Waals surface area (Å²) in [7, 11) is 0. The minimum atomic E-state index is -1.54. The molecule has 6 rings (SSSR count). The molecule has 1 aliphatic rings. The van der Waals surface area contributed by atoms with Gasteiger partial charge in [-0.2, -0.15) is 0 Å². The highest BCUT2D eigenvalue weighted by atomic mass is 35.5. The van der Waals surface area contributed by atoms with Crippen LogP contribution < -0.4 is 11.1 Å². The van der Waals surface area contributed by atoms with Crippen molar-refractivity contribution < 1.29 is 23.1 Å². The molecule has 0 saturated heterocycles. The summed E-state index contributed by atoms with van der Waals surface area (Å²) in [6.07, 6.45) is 4.68. The standard InChI is InChI=1S/C26H17ClF3N7O2/c1-26(12-8-15(30)20(27)18(38)9-12)19-21(31)34-22(35-23(19)36-25(26)39)17-10-37-5-4-32-24(37)16(33-17)7-11-6-13(28)2-3-14(11)29/h2-6,8-10,38H,7H2,1H3,(H3,31,34,35,36,39)/t26-/m0/s1. The Hall–Kier alpha value is -4.71. The van der Waals surface area contributed by atoms with E-state index in [1.165, 1.54) is 19.2 Å². The third kappa shape index (κ3) is 3.83. The van der Waals surface area contributed by atoms with E-state index >= 15 is 0 Å². The summed E-state index contributed by atoms with van der Waals surface area (Å²) >= 11 is 5.74. The van der Waals surface area contributed by atoms with Crippen LogP contribution in [-0.2, 0) is 16.6 Å². The number of fused-ring (bicyclic) bond motifs is 2. The van der Waals surface area contributed by atoms with Gasteiger partial charge in [-0.05, 0) is 48.4 Å². The normalized spacial score (nSPS) is 16.5. The lowest BCUT2D eigenvalue weighted by molar-refractivity contribution is -0.119. The van der Waals surface area contributed by atoms with Crippen molar-refractivity contribution in [2.75, 3.05) is 11.1 Å². The van der Waals surface area contributed by atoms with E-state index in [2.05, 4.69) is 25.3 Å². The largest absolute Gasteiger partial charge is 0.506 e. The Balaban J connectivity index is 1.47. The van der Waals surface area contributed by atoms with Crippen molar-refractivity contribution in [1.82, 2.24) is 24.3 Å². The molecule has 0 fully saturated rings. The van der Waals surface area contributed by atoms with Crippen LogP contribution in [0.1, 0.15) is 29.3 Å². The molecule has 13 heteroatoms. The topological polar surface area (TPSA) is 131 Å². The molecule has 1 aliphatic heterocycles. The van der Waals surface area contributed by atoms with Crippen LogP contribution in [0, 0.1) is 17.5 Å². The smallest absolute Gasteiger partial charge is 0.240 e. The highest BCUT2D eigenvalue weighted by molar-refractivity contribution is 6.32. The van der Waals surface area contributed by atoms with Gasteiger partial charge in [0.05, 0.1) is 11.3 Å². The number of hydrogen-bond donors (Lipinski definition) is 3. The predicted molar refractivity (Wildman–Crippen MR) is 136 cm³/mol. The molecule has 39 heavy (non-hydrogen) atoms. The van der Waals surface area contributed by atoms with Crippen LogP contribution in [0.5, 0.6) is 5.75 Å². The summed E-state index contributed by atoms with van der Waals surface area (Å²) in [5, 5.41) is 12.2. The maximum Gasteiger partial charge on any atom is 0.240 e. The van der Waals surface area contributed by atoms with E-state index < -0.39 is 39.5 Å². The number of nitrogens with two attached hydrogens (primary N) is 1. The maximum atomic E-state index is 14.4. The molecule has 0 saturated carbocycles. The second kappa shape index (κ2) is 8.67. The van der Waals surface area contributed by atoms with Crippen molar-refractivity contribution in [3.63, 3.8) is 0 Å². The average Bonchev–Trinajstić information content (AvgIpc) is 3.47. The zero-order valence-corrected chi connectivity index (χ0v) is 20.8. The summed E-state index contributed by atoms with van der Waals surface area (Å²) in [6.45, 7) is 1.50. The Bertz CT molecular complexity index is 1820. The van der Waals surface area contributed by atoms with Gasteiger partial charge in [0.1, 0.15) is 51.0 Å². The predicted octanol–water partition coefficient (Wildman–Crippen LogP) is 4.39. The van der Waals surface area contributed by atoms with Crippen LogP contribution in [0.15, 0.2) is 48.9 Å². The SMILES string of the molecule is C[C@@]1(c2cc(O)c(Cl)c(F)c2)C(=O)Nc2nc(-c3cn4ccnc4c(Cc4cc(F)ccc4F)n3)nc(N)c21. The average molecular weight is 552 g/mol. The molecular formula is C26H17ClF3N7O2. The first kappa shape index (κ1) is 24.6. The first-order chi connectivity index (χ1) is 18.6. The number of imidazole rings is 1. The number of aromatic hydroxyl groups is 1. The Kier molecular flexibility index (Phi) is 5.47. The quantitative estimate of drug-likeness (QED) is 0.302. The number of carbonyl (C=O) groups is 1. The molecule has 5 aromatic rings. The molecule has 1 atom stereocenters. The minimum Gasteiger partial charge on any atom is -0.506 e. The minimum absolute atomic E-state index is 0.0394. The number of amides is 1. The van der Waals surface area contributed by atoms with E-state index in [-0.39, 0.29) is 46.3 Å². The fraction of sp³-hybridized carbons (Fsp3) is 0.115. The van der Waals surface area contributed by atoms with Crippen LogP contribution in [-0.4, -0.2) is 35.4 Å². The zero-order valence-electron chi connectivity index (χ0n) is 20.0. The summed E-state index contributed by atoms with van der Waals surface area (Å²) in [5.41, 5.74) is 6.11. The van der Waals surface area contributed by atoms with Gasteiger partial charge in [-0.1, -0.05) is 11.6 Å². The Morgan fingerprint density at radius 2 is 1.92 bits per heavy atom. The van der Waals surface area contributed by atoms with Gasteiger partial charge in [-0.3, -0.25) is 4.79 Å². The van der Waals surface area contributed by atoms with Gasteiger partial charge in [0.25, 0.3) is 0 Å². The zero-order chi connectivity index (χ0) is 27.6. The van der Waals surface area contributed by atoms with Crippen molar-refractivity contribution in [3.8, 4) is 17.3 Å². The second-order valence-electron chi connectivity index (χ2n) is 9.17. The number of nitrogen functional groups attached to an aromatic ring is 1. The number of hydrogen-bond acceptors (Lipinski definition) is 7. The fourth-order valence-corrected chi connectivity index (χ4v) is 4.85. The number of carbonyl (C=O) groups excluding carboxylic acids is 1. The van der Waals surface area contributed by atoms with Crippen LogP contribution >= 0.6 is 11.6 Å². The second-order valence-corrected chi connectivity index (χ2v) is 9.55. The van der Waals surface area contributed by atoms with Gasteiger partial charge >= 0.3 is 0 Å². The Morgan fingerprint density at radius 1 is 1.13 bits per heavy atom. The maximum absolute atomic E-state index is 14.4. The Labute approximate surface area is 223 Å². The van der Waals surface area contributed by atoms with Crippen molar-refractivity contribution in [2.45, 2.75) is 18.8 Å². The number of phenols is 1. The van der Waals surface area contributed by atoms with Crippen LogP contribution in [0.2, 0.25) is 5.02 Å². The van der Waals surface area contributed by atoms with Gasteiger partial charge in [0, 0.05) is 25.0 Å². The number of aromatic nitrogens is 5. The molecular weight excluding hydrogens is 535 g/mol. The van der Waals surface area contributed by atoms with E-state index in [0.29, 0.717) is 11.3 Å². The number of nitrogens with one attached hydrogen (secondary N) is 1. The summed E-state index contributed by atoms with van der Waals surface area (Å²) in [6, 6.07) is 5.36. The molecule has 196 valence electrons. The molecule has 9 nitrogen and oxygen atoms in total. The first-order valence-electron chi connectivity index (χ1n) is 11.5. The fourth-order valence-electron chi connectivity index (χ4n) is 4.74. The number of phenolic OH excluding ortho intramolecular Hbond substituents is 1. The molecule has 0 aliphatic carbocycles. The van der Waals surface area contributed by atoms with Crippen molar-refractivity contribution in [2.24, 2.45) is 0 Å². The van der Waals surface area contributed by atoms with Crippen molar-refractivity contribution in [3.05, 3.63) is 93.8 Å². The number of benzene rings is 2. The summed E-state index contributed by atoms with van der Waals surface area (Å²) in [5.74, 6) is -3.19. The van der Waals surface area contributed by atoms with Gasteiger partial charge in [-0.15, -0.1) is 0 Å². The third-order valence-corrected chi connectivity index (χ3v) is 7.12. The van der Waals surface area contributed by atoms with Gasteiger partial charge in [0.2, 0.25) is 5.91 Å². The van der Waals surface area contributed by atoms with E-state index in [0.717, 1.165) is 24.3 Å². The van der Waals surface area contributed by atoms with E-state index in [9.17, 15) is 23.1 Å². The molecule has 4 heterocycles. The van der Waals surface area contributed by atoms with Gasteiger partial charge in [0.15, 0.2) is 11.5 Å². The number of rotatable bonds is 4. The lowest BCUT2D eigenvalue weighted by atomic mass is 9.77. The number of nitrogens with zero attached hydrogens (tertiary/aromatic N) is 5. The third-order valence-electron chi connectivity index (χ3n) is 6.75. The highest BCUT2D eigenvalue weighted by Crippen LogP contribution is 2.46. The lowest BCUT2D eigenvalue weighted by Crippen LogP contribution is -2.33.